The molecule has 1 N–H and O–H groups in total. The minimum Gasteiger partial charge on any atom is -0.462 e. The molecule has 0 aromatic heterocycles. The number of hydrogen-bond donors (Lipinski definition) is 1. The Balaban J connectivity index is 2.43. The van der Waals surface area contributed by atoms with Crippen LogP contribution < -0.4 is 0 Å². The standard InChI is InChI=1S/C28H40O9/c1-13-20(33)10-11-28(9)23(13)24(35-16(4)30)19-12-21(34-15(3)29)14(2)22(27(19,7)8)25(36-17(5)31)26(28)37-18(6)32/h19-21,23-26,33H,1,10-12H2,2-9H3/t19?,20-,21-,23-,24+,25+,26-,28+/m0/s1. The molecule has 1 unspecified atom stereocenters. The highest BCUT2D eigenvalue weighted by atomic mass is 16.6. The van der Waals surface area contributed by atoms with E-state index >= 15 is 0 Å². The molecule has 0 aromatic carbocycles. The third kappa shape index (κ3) is 5.19. The summed E-state index contributed by atoms with van der Waals surface area (Å²) in [4.78, 5) is 49.5. The van der Waals surface area contributed by atoms with Crippen molar-refractivity contribution in [3.63, 3.8) is 0 Å². The summed E-state index contributed by atoms with van der Waals surface area (Å²) in [6, 6.07) is 0. The molecule has 0 spiro atoms. The van der Waals surface area contributed by atoms with Crippen LogP contribution in [0, 0.1) is 22.7 Å². The average molecular weight is 521 g/mol. The smallest absolute Gasteiger partial charge is 0.303 e. The Labute approximate surface area is 218 Å². The number of aliphatic hydroxyl groups excluding tert-OH is 1. The number of carbonyl (C=O) groups is 4. The van der Waals surface area contributed by atoms with Gasteiger partial charge in [-0.3, -0.25) is 19.2 Å². The van der Waals surface area contributed by atoms with E-state index in [1.54, 1.807) is 0 Å². The molecule has 0 aliphatic heterocycles. The van der Waals surface area contributed by atoms with Crippen molar-refractivity contribution in [2.75, 3.05) is 0 Å². The van der Waals surface area contributed by atoms with Gasteiger partial charge in [-0.25, -0.2) is 0 Å². The SMILES string of the molecule is C=C1[C@@H](O)CC[C@@]2(C)[C@@H](OC(C)=O)[C@H](OC(C)=O)C3=C(C)[C@@H](OC(C)=O)CC([C@@H](OC(C)=O)[C@H]12)C3(C)C. The second kappa shape index (κ2) is 10.2. The van der Waals surface area contributed by atoms with Crippen molar-refractivity contribution in [1.29, 1.82) is 0 Å². The summed E-state index contributed by atoms with van der Waals surface area (Å²) in [5.74, 6) is -3.15. The highest BCUT2D eigenvalue weighted by Gasteiger charge is 2.64. The number of rotatable bonds is 4. The van der Waals surface area contributed by atoms with E-state index in [9.17, 15) is 24.3 Å². The van der Waals surface area contributed by atoms with Crippen LogP contribution >= 0.6 is 0 Å². The lowest BCUT2D eigenvalue weighted by Crippen LogP contribution is -2.64. The molecule has 0 heterocycles. The Kier molecular flexibility index (Phi) is 7.99. The number of fused-ring (bicyclic) bond motifs is 3. The second-order valence-electron chi connectivity index (χ2n) is 11.5. The molecular formula is C28H40O9. The third-order valence-corrected chi connectivity index (χ3v) is 8.62. The van der Waals surface area contributed by atoms with Crippen LogP contribution in [0.2, 0.25) is 0 Å². The van der Waals surface area contributed by atoms with Crippen LogP contribution in [-0.4, -0.2) is 59.5 Å². The highest BCUT2D eigenvalue weighted by Crippen LogP contribution is 2.61. The first-order valence-electron chi connectivity index (χ1n) is 12.8. The highest BCUT2D eigenvalue weighted by molar-refractivity contribution is 5.69. The second-order valence-corrected chi connectivity index (χ2v) is 11.5. The van der Waals surface area contributed by atoms with Gasteiger partial charge in [0.15, 0.2) is 6.10 Å². The minimum absolute atomic E-state index is 0.348. The monoisotopic (exact) mass is 520 g/mol. The Morgan fingerprint density at radius 3 is 1.95 bits per heavy atom. The Morgan fingerprint density at radius 2 is 1.43 bits per heavy atom. The Bertz CT molecular complexity index is 1020. The molecule has 8 atom stereocenters. The van der Waals surface area contributed by atoms with Gasteiger partial charge in [0.05, 0.1) is 6.10 Å². The maximum absolute atomic E-state index is 12.5. The molecular weight excluding hydrogens is 480 g/mol. The Hall–Kier alpha value is -2.68. The lowest BCUT2D eigenvalue weighted by molar-refractivity contribution is -0.203. The van der Waals surface area contributed by atoms with Gasteiger partial charge in [0.25, 0.3) is 0 Å². The first kappa shape index (κ1) is 28.9. The van der Waals surface area contributed by atoms with Crippen LogP contribution in [0.1, 0.15) is 74.7 Å². The zero-order valence-corrected chi connectivity index (χ0v) is 23.1. The molecule has 37 heavy (non-hydrogen) atoms. The van der Waals surface area contributed by atoms with Crippen LogP contribution in [0.25, 0.3) is 0 Å². The van der Waals surface area contributed by atoms with E-state index < -0.39 is 77.1 Å². The predicted molar refractivity (Wildman–Crippen MR) is 133 cm³/mol. The van der Waals surface area contributed by atoms with Crippen LogP contribution in [0.4, 0.5) is 0 Å². The maximum Gasteiger partial charge on any atom is 0.303 e. The van der Waals surface area contributed by atoms with Crippen LogP contribution in [0.15, 0.2) is 23.3 Å². The van der Waals surface area contributed by atoms with E-state index in [1.165, 1.54) is 27.7 Å². The van der Waals surface area contributed by atoms with Gasteiger partial charge in [-0.05, 0) is 48.3 Å². The van der Waals surface area contributed by atoms with E-state index in [0.29, 0.717) is 36.0 Å². The number of hydrogen-bond acceptors (Lipinski definition) is 9. The quantitative estimate of drug-likeness (QED) is 0.337. The molecule has 0 radical (unpaired) electrons. The van der Waals surface area contributed by atoms with Crippen molar-refractivity contribution in [1.82, 2.24) is 0 Å². The van der Waals surface area contributed by atoms with E-state index in [0.717, 1.165) is 0 Å². The van der Waals surface area contributed by atoms with Crippen LogP contribution in [0.5, 0.6) is 0 Å². The fourth-order valence-corrected chi connectivity index (χ4v) is 7.13. The van der Waals surface area contributed by atoms with E-state index in [2.05, 4.69) is 6.58 Å². The van der Waals surface area contributed by atoms with Crippen molar-refractivity contribution in [3.8, 4) is 0 Å². The van der Waals surface area contributed by atoms with Gasteiger partial charge in [-0.15, -0.1) is 0 Å². The molecule has 0 saturated heterocycles. The fraction of sp³-hybridized carbons (Fsp3) is 0.714. The van der Waals surface area contributed by atoms with Gasteiger partial charge in [-0.2, -0.15) is 0 Å². The fourth-order valence-electron chi connectivity index (χ4n) is 7.13. The summed E-state index contributed by atoms with van der Waals surface area (Å²) in [5, 5.41) is 10.9. The third-order valence-electron chi connectivity index (χ3n) is 8.62. The number of aliphatic hydroxyl groups is 1. The van der Waals surface area contributed by atoms with Gasteiger partial charge in [0, 0.05) is 44.9 Å². The van der Waals surface area contributed by atoms with E-state index in [-0.39, 0.29) is 0 Å². The van der Waals surface area contributed by atoms with Gasteiger partial charge < -0.3 is 24.1 Å². The van der Waals surface area contributed by atoms with Gasteiger partial charge in [0.2, 0.25) is 0 Å². The number of esters is 4. The van der Waals surface area contributed by atoms with Crippen molar-refractivity contribution in [2.45, 2.75) is 105 Å². The lowest BCUT2D eigenvalue weighted by atomic mass is 9.49. The molecule has 3 aliphatic rings. The average Bonchev–Trinajstić information content (AvgIpc) is 2.74. The number of ether oxygens (including phenoxy) is 4. The molecule has 0 aromatic rings. The summed E-state index contributed by atoms with van der Waals surface area (Å²) in [6.45, 7) is 17.1. The topological polar surface area (TPSA) is 125 Å². The molecule has 2 saturated carbocycles. The van der Waals surface area contributed by atoms with Crippen molar-refractivity contribution < 1.29 is 43.2 Å². The molecule has 3 aliphatic carbocycles. The maximum atomic E-state index is 12.5. The lowest BCUT2D eigenvalue weighted by Gasteiger charge is -2.60. The summed E-state index contributed by atoms with van der Waals surface area (Å²) >= 11 is 0. The zero-order chi connectivity index (χ0) is 28.0. The van der Waals surface area contributed by atoms with Crippen molar-refractivity contribution >= 4 is 23.9 Å². The summed E-state index contributed by atoms with van der Waals surface area (Å²) in [6.07, 6.45) is -3.19. The van der Waals surface area contributed by atoms with Crippen LogP contribution in [-0.2, 0) is 38.1 Å². The van der Waals surface area contributed by atoms with E-state index in [4.69, 9.17) is 18.9 Å². The van der Waals surface area contributed by atoms with Gasteiger partial charge in [0.1, 0.15) is 18.3 Å². The molecule has 9 heteroatoms. The largest absolute Gasteiger partial charge is 0.462 e. The zero-order valence-electron chi connectivity index (χ0n) is 23.1. The van der Waals surface area contributed by atoms with Crippen molar-refractivity contribution in [3.05, 3.63) is 23.3 Å². The molecule has 206 valence electrons. The molecule has 2 bridgehead atoms. The molecule has 2 fully saturated rings. The summed E-state index contributed by atoms with van der Waals surface area (Å²) in [7, 11) is 0. The number of carbonyl (C=O) groups excluding carboxylic acids is 4. The summed E-state index contributed by atoms with van der Waals surface area (Å²) in [5.41, 5.74) is 0.191. The predicted octanol–water partition coefficient (Wildman–Crippen LogP) is 3.42. The van der Waals surface area contributed by atoms with E-state index in [1.807, 2.05) is 27.7 Å². The first-order valence-corrected chi connectivity index (χ1v) is 12.8. The van der Waals surface area contributed by atoms with Crippen LogP contribution in [0.3, 0.4) is 0 Å². The van der Waals surface area contributed by atoms with Gasteiger partial charge >= 0.3 is 23.9 Å². The molecule has 0 amide bonds. The normalized spacial score (nSPS) is 36.9. The summed E-state index contributed by atoms with van der Waals surface area (Å²) < 4.78 is 23.7. The first-order chi connectivity index (χ1) is 17.0. The van der Waals surface area contributed by atoms with Crippen molar-refractivity contribution in [2.24, 2.45) is 22.7 Å². The molecule has 9 nitrogen and oxygen atoms in total. The van der Waals surface area contributed by atoms with Gasteiger partial charge in [-0.1, -0.05) is 27.4 Å². The molecule has 3 rings (SSSR count). The minimum atomic E-state index is -0.994. The Morgan fingerprint density at radius 1 is 0.892 bits per heavy atom.